The van der Waals surface area contributed by atoms with Crippen molar-refractivity contribution in [2.75, 3.05) is 39.4 Å². The summed E-state index contributed by atoms with van der Waals surface area (Å²) in [5.41, 5.74) is 0. The molecule has 67 heavy (non-hydrogen) atoms. The highest BCUT2D eigenvalue weighted by molar-refractivity contribution is 7.90. The second kappa shape index (κ2) is 17.6. The molecule has 0 rings (SSSR count). The first kappa shape index (κ1) is 64.4. The summed E-state index contributed by atoms with van der Waals surface area (Å²) in [7, 11) is -16.1. The number of halogens is 34. The van der Waals surface area contributed by atoms with E-state index in [1.165, 1.54) is 0 Å². The number of hydrogen-bond donors (Lipinski definition) is 0. The first-order valence-electron chi connectivity index (χ1n) is 15.6. The van der Waals surface area contributed by atoms with Gasteiger partial charge >= 0.3 is 93.9 Å². The molecule has 0 bridgehead atoms. The van der Waals surface area contributed by atoms with Crippen LogP contribution in [0.15, 0.2) is 0 Å². The van der Waals surface area contributed by atoms with Crippen molar-refractivity contribution >= 4 is 20.0 Å². The zero-order chi connectivity index (χ0) is 55.1. The lowest BCUT2D eigenvalue weighted by Gasteiger charge is -2.43. The summed E-state index contributed by atoms with van der Waals surface area (Å²) in [5, 5.41) is -16.3. The minimum Gasteiger partial charge on any atom is -0.379 e. The van der Waals surface area contributed by atoms with Gasteiger partial charge in [-0.25, -0.2) is 16.8 Å². The van der Waals surface area contributed by atoms with Crippen molar-refractivity contribution < 1.29 is 171 Å². The Labute approximate surface area is 347 Å². The molecular weight excluding hydrogens is 1110 g/mol. The zero-order valence-electron chi connectivity index (χ0n) is 30.8. The molecule has 0 aliphatic carbocycles. The van der Waals surface area contributed by atoms with E-state index in [0.29, 0.717) is 0 Å². The smallest absolute Gasteiger partial charge is 0.379 e. The second-order valence-corrected chi connectivity index (χ2v) is 16.5. The first-order chi connectivity index (χ1) is 28.6. The van der Waals surface area contributed by atoms with E-state index in [-0.39, 0.29) is 13.8 Å². The molecule has 0 atom stereocenters. The maximum Gasteiger partial charge on any atom is 0.460 e. The van der Waals surface area contributed by atoms with Gasteiger partial charge in [0.1, 0.15) is 0 Å². The van der Waals surface area contributed by atoms with E-state index in [2.05, 4.69) is 4.74 Å². The Balaban J connectivity index is 6.70. The monoisotopic (exact) mass is 1120 g/mol. The maximum absolute atomic E-state index is 14.5. The van der Waals surface area contributed by atoms with Gasteiger partial charge < -0.3 is 4.74 Å². The number of rotatable bonds is 24. The fraction of sp³-hybridized carbons (Fsp3) is 1.00. The van der Waals surface area contributed by atoms with Crippen LogP contribution in [0.4, 0.5) is 149 Å². The fourth-order valence-electron chi connectivity index (χ4n) is 4.28. The Morgan fingerprint density at radius 1 is 0.299 bits per heavy atom. The van der Waals surface area contributed by atoms with Crippen LogP contribution in [0.3, 0.4) is 0 Å². The van der Waals surface area contributed by atoms with Crippen LogP contribution in [0, 0.1) is 0 Å². The van der Waals surface area contributed by atoms with E-state index in [1.54, 1.807) is 0 Å². The van der Waals surface area contributed by atoms with Crippen molar-refractivity contribution in [2.24, 2.45) is 0 Å². The van der Waals surface area contributed by atoms with Gasteiger partial charge in [0.25, 0.3) is 20.0 Å². The van der Waals surface area contributed by atoms with Gasteiger partial charge in [0.15, 0.2) is 0 Å². The van der Waals surface area contributed by atoms with E-state index in [9.17, 15) is 166 Å². The predicted molar refractivity (Wildman–Crippen MR) is 145 cm³/mol. The Kier molecular flexibility index (Phi) is 16.9. The highest BCUT2D eigenvalue weighted by Crippen LogP contribution is 2.66. The predicted octanol–water partition coefficient (Wildman–Crippen LogP) is 10.2. The Bertz CT molecular complexity index is 1820. The topological polar surface area (TPSA) is 84.0 Å². The van der Waals surface area contributed by atoms with Crippen LogP contribution in [-0.2, 0) is 24.8 Å². The van der Waals surface area contributed by atoms with Gasteiger partial charge in [0.2, 0.25) is 0 Å². The van der Waals surface area contributed by atoms with Crippen LogP contribution >= 0.6 is 0 Å². The number of sulfonamides is 2. The van der Waals surface area contributed by atoms with Crippen molar-refractivity contribution in [1.29, 1.82) is 0 Å². The standard InChI is InChI=1S/C24H18F34N2O5S2/c1-3-59(66(61,62)23(55,56)19(45,46)15(37,38)11(29,30)9(25,26)13(33,34)17(41,42)21(49,50)51)5-7-65-8-6-60(4-2)67(63,64)24(57,58)20(47,48)16(39,40)12(31,32)10(27,28)14(35,36)18(43,44)22(52,53)54/h3-8H2,1-2H3. The van der Waals surface area contributed by atoms with Gasteiger partial charge in [-0.3, -0.25) is 0 Å². The summed E-state index contributed by atoms with van der Waals surface area (Å²) in [4.78, 5) is 0. The van der Waals surface area contributed by atoms with Gasteiger partial charge in [-0.1, -0.05) is 13.8 Å². The Hall–Kier alpha value is -2.60. The van der Waals surface area contributed by atoms with Gasteiger partial charge in [-0.2, -0.15) is 158 Å². The zero-order valence-corrected chi connectivity index (χ0v) is 32.5. The van der Waals surface area contributed by atoms with Crippen LogP contribution in [0.5, 0.6) is 0 Å². The van der Waals surface area contributed by atoms with Crippen molar-refractivity contribution in [3.63, 3.8) is 0 Å². The molecule has 0 amide bonds. The molecule has 43 heteroatoms. The Morgan fingerprint density at radius 2 is 0.463 bits per heavy atom. The molecule has 404 valence electrons. The first-order valence-corrected chi connectivity index (χ1v) is 18.5. The molecule has 0 saturated heterocycles. The number of alkyl halides is 34. The summed E-state index contributed by atoms with van der Waals surface area (Å²) in [6, 6.07) is 0. The van der Waals surface area contributed by atoms with Crippen LogP contribution in [-0.4, -0.2) is 159 Å². The molecule has 0 heterocycles. The molecule has 0 aliphatic rings. The highest BCUT2D eigenvalue weighted by Gasteiger charge is 2.98. The normalized spacial score (nSPS) is 16.7. The number of hydrogen-bond acceptors (Lipinski definition) is 5. The van der Waals surface area contributed by atoms with Gasteiger partial charge in [-0.05, 0) is 0 Å². The third kappa shape index (κ3) is 8.74. The van der Waals surface area contributed by atoms with Crippen molar-refractivity contribution in [3.8, 4) is 0 Å². The third-order valence-corrected chi connectivity index (χ3v) is 12.4. The molecule has 0 N–H and O–H groups in total. The van der Waals surface area contributed by atoms with Crippen molar-refractivity contribution in [1.82, 2.24) is 8.61 Å². The number of likely N-dealkylation sites (N-methyl/N-ethyl adjacent to an activating group) is 2. The maximum atomic E-state index is 14.5. The van der Waals surface area contributed by atoms with Crippen molar-refractivity contribution in [2.45, 2.75) is 108 Å². The minimum atomic E-state index is -9.25. The minimum absolute atomic E-state index is 0.123. The van der Waals surface area contributed by atoms with E-state index in [0.717, 1.165) is 0 Å². The molecule has 0 spiro atoms. The van der Waals surface area contributed by atoms with E-state index >= 15 is 0 Å². The number of nitrogens with zero attached hydrogens (tertiary/aromatic N) is 2. The average molecular weight is 1120 g/mol. The fourth-order valence-corrected chi connectivity index (χ4v) is 7.14. The molecule has 0 radical (unpaired) electrons. The lowest BCUT2D eigenvalue weighted by atomic mass is 9.91. The van der Waals surface area contributed by atoms with Gasteiger partial charge in [0.05, 0.1) is 13.2 Å². The molecule has 0 saturated carbocycles. The lowest BCUT2D eigenvalue weighted by molar-refractivity contribution is -0.458. The second-order valence-electron chi connectivity index (χ2n) is 12.5. The van der Waals surface area contributed by atoms with Crippen LogP contribution < -0.4 is 0 Å². The molecule has 0 aromatic carbocycles. The largest absolute Gasteiger partial charge is 0.460 e. The summed E-state index contributed by atoms with van der Waals surface area (Å²) < 4.78 is 511. The molecule has 0 aromatic rings. The van der Waals surface area contributed by atoms with Crippen molar-refractivity contribution in [3.05, 3.63) is 0 Å². The van der Waals surface area contributed by atoms with E-state index in [1.807, 2.05) is 0 Å². The van der Waals surface area contributed by atoms with Gasteiger partial charge in [0, 0.05) is 26.2 Å². The molecule has 0 aliphatic heterocycles. The SMILES string of the molecule is CCN(CCOCCN(CC)S(=O)(=O)C(F)(F)C(F)(F)C(F)(F)C(F)(F)C(F)(F)C(F)(F)C(F)(F)C(F)(F)F)S(=O)(=O)C(F)(F)C(F)(F)C(F)(F)C(F)(F)C(F)(F)C(F)(F)C(F)(F)C(F)(F)F. The van der Waals surface area contributed by atoms with Gasteiger partial charge in [-0.15, -0.1) is 0 Å². The summed E-state index contributed by atoms with van der Waals surface area (Å²) in [6.45, 7) is -12.2. The quantitative estimate of drug-likeness (QED) is 0.0711. The lowest BCUT2D eigenvalue weighted by Crippen LogP contribution is -2.75. The average Bonchev–Trinajstić information content (AvgIpc) is 3.12. The number of ether oxygens (including phenoxy) is 1. The Morgan fingerprint density at radius 3 is 0.627 bits per heavy atom. The molecule has 0 fully saturated rings. The summed E-state index contributed by atoms with van der Waals surface area (Å²) in [6.07, 6.45) is -16.3. The third-order valence-electron chi connectivity index (χ3n) is 8.39. The summed E-state index contributed by atoms with van der Waals surface area (Å²) in [5.74, 6) is -108. The van der Waals surface area contributed by atoms with E-state index < -0.39 is 162 Å². The summed E-state index contributed by atoms with van der Waals surface area (Å²) >= 11 is 0. The molecular formula is C24H18F34N2O5S2. The van der Waals surface area contributed by atoms with Crippen LogP contribution in [0.1, 0.15) is 13.8 Å². The van der Waals surface area contributed by atoms with Crippen LogP contribution in [0.25, 0.3) is 0 Å². The molecule has 0 unspecified atom stereocenters. The highest BCUT2D eigenvalue weighted by atomic mass is 32.2. The molecule has 0 aromatic heterocycles. The van der Waals surface area contributed by atoms with E-state index in [4.69, 9.17) is 0 Å². The molecule has 7 nitrogen and oxygen atoms in total. The van der Waals surface area contributed by atoms with Crippen LogP contribution in [0.2, 0.25) is 0 Å².